The van der Waals surface area contributed by atoms with Gasteiger partial charge in [-0.25, -0.2) is 0 Å². The maximum absolute atomic E-state index is 13.0. The summed E-state index contributed by atoms with van der Waals surface area (Å²) in [5, 5.41) is 2.61. The van der Waals surface area contributed by atoms with E-state index in [1.807, 2.05) is 18.7 Å². The Labute approximate surface area is 150 Å². The lowest BCUT2D eigenvalue weighted by Crippen LogP contribution is -2.24. The predicted molar refractivity (Wildman–Crippen MR) is 95.0 cm³/mol. The number of benzene rings is 1. The van der Waals surface area contributed by atoms with Crippen LogP contribution in [0.5, 0.6) is 0 Å². The van der Waals surface area contributed by atoms with E-state index in [1.54, 1.807) is 12.1 Å². The van der Waals surface area contributed by atoms with Gasteiger partial charge in [-0.15, -0.1) is 11.3 Å². The summed E-state index contributed by atoms with van der Waals surface area (Å²) in [7, 11) is 0. The maximum Gasteiger partial charge on any atom is 0.416 e. The fourth-order valence-corrected chi connectivity index (χ4v) is 3.55. The smallest absolute Gasteiger partial charge is 0.370 e. The van der Waals surface area contributed by atoms with Gasteiger partial charge in [-0.3, -0.25) is 4.79 Å². The van der Waals surface area contributed by atoms with Crippen molar-refractivity contribution >= 4 is 44.5 Å². The van der Waals surface area contributed by atoms with E-state index in [-0.39, 0.29) is 5.69 Å². The summed E-state index contributed by atoms with van der Waals surface area (Å²) in [5.74, 6) is -0.432. The van der Waals surface area contributed by atoms with Gasteiger partial charge in [0.1, 0.15) is 0 Å². The van der Waals surface area contributed by atoms with Crippen LogP contribution in [0.25, 0.3) is 0 Å². The Balaban J connectivity index is 2.41. The number of hydrogen-bond acceptors (Lipinski definition) is 3. The van der Waals surface area contributed by atoms with E-state index >= 15 is 0 Å². The molecule has 0 saturated carbocycles. The van der Waals surface area contributed by atoms with Gasteiger partial charge < -0.3 is 10.2 Å². The molecule has 2 aromatic rings. The van der Waals surface area contributed by atoms with Gasteiger partial charge in [-0.2, -0.15) is 13.2 Å². The van der Waals surface area contributed by atoms with Gasteiger partial charge in [0.15, 0.2) is 0 Å². The topological polar surface area (TPSA) is 32.3 Å². The summed E-state index contributed by atoms with van der Waals surface area (Å²) in [6.45, 7) is 5.05. The SMILES string of the molecule is CCN(CC)c1ccc(C(F)(F)F)cc1NC(=O)c1ccc(Br)s1. The van der Waals surface area contributed by atoms with Crippen LogP contribution in [0.1, 0.15) is 29.1 Å². The first-order valence-electron chi connectivity index (χ1n) is 7.29. The molecule has 3 nitrogen and oxygen atoms in total. The Kier molecular flexibility index (Phi) is 5.92. The Morgan fingerprint density at radius 2 is 1.88 bits per heavy atom. The third-order valence-corrected chi connectivity index (χ3v) is 5.10. The first kappa shape index (κ1) is 18.8. The number of hydrogen-bond donors (Lipinski definition) is 1. The molecule has 0 aliphatic heterocycles. The number of thiophene rings is 1. The maximum atomic E-state index is 13.0. The molecule has 1 aromatic heterocycles. The second-order valence-electron chi connectivity index (χ2n) is 4.96. The van der Waals surface area contributed by atoms with Crippen LogP contribution in [-0.2, 0) is 6.18 Å². The lowest BCUT2D eigenvalue weighted by Gasteiger charge is -2.25. The highest BCUT2D eigenvalue weighted by molar-refractivity contribution is 9.11. The molecule has 8 heteroatoms. The zero-order chi connectivity index (χ0) is 17.9. The number of nitrogens with zero attached hydrogens (tertiary/aromatic N) is 1. The molecule has 0 aliphatic rings. The van der Waals surface area contributed by atoms with E-state index in [2.05, 4.69) is 21.2 Å². The molecule has 0 unspecified atom stereocenters. The Bertz CT molecular complexity index is 726. The quantitative estimate of drug-likeness (QED) is 0.679. The van der Waals surface area contributed by atoms with E-state index < -0.39 is 17.6 Å². The molecule has 0 saturated heterocycles. The summed E-state index contributed by atoms with van der Waals surface area (Å²) in [4.78, 5) is 14.6. The minimum absolute atomic E-state index is 0.156. The molecule has 0 fully saturated rings. The van der Waals surface area contributed by atoms with Crippen molar-refractivity contribution in [1.29, 1.82) is 0 Å². The summed E-state index contributed by atoms with van der Waals surface area (Å²) >= 11 is 4.48. The Hall–Kier alpha value is -1.54. The molecular weight excluding hydrogens is 405 g/mol. The molecule has 1 aromatic carbocycles. The van der Waals surface area contributed by atoms with Gasteiger partial charge in [0.25, 0.3) is 5.91 Å². The molecule has 1 amide bonds. The highest BCUT2D eigenvalue weighted by atomic mass is 79.9. The van der Waals surface area contributed by atoms with Crippen molar-refractivity contribution in [2.24, 2.45) is 0 Å². The molecule has 0 spiro atoms. The van der Waals surface area contributed by atoms with Gasteiger partial charge >= 0.3 is 6.18 Å². The Morgan fingerprint density at radius 1 is 1.21 bits per heavy atom. The average molecular weight is 421 g/mol. The molecule has 1 N–H and O–H groups in total. The van der Waals surface area contributed by atoms with Crippen molar-refractivity contribution in [2.75, 3.05) is 23.3 Å². The van der Waals surface area contributed by atoms with Crippen LogP contribution in [0, 0.1) is 0 Å². The molecule has 0 aliphatic carbocycles. The number of carbonyl (C=O) groups excluding carboxylic acids is 1. The lowest BCUT2D eigenvalue weighted by molar-refractivity contribution is -0.137. The molecule has 0 atom stereocenters. The minimum Gasteiger partial charge on any atom is -0.370 e. The van der Waals surface area contributed by atoms with E-state index in [9.17, 15) is 18.0 Å². The van der Waals surface area contributed by atoms with Gasteiger partial charge in [0, 0.05) is 13.1 Å². The van der Waals surface area contributed by atoms with Crippen LogP contribution < -0.4 is 10.2 Å². The van der Waals surface area contributed by atoms with Crippen molar-refractivity contribution in [3.63, 3.8) is 0 Å². The van der Waals surface area contributed by atoms with Crippen molar-refractivity contribution in [3.05, 3.63) is 44.6 Å². The number of anilines is 2. The summed E-state index contributed by atoms with van der Waals surface area (Å²) in [6, 6.07) is 6.75. The number of alkyl halides is 3. The second-order valence-corrected chi connectivity index (χ2v) is 7.42. The van der Waals surface area contributed by atoms with E-state index in [0.29, 0.717) is 23.7 Å². The van der Waals surface area contributed by atoms with Gasteiger partial charge in [0.2, 0.25) is 0 Å². The molecule has 1 heterocycles. The first-order chi connectivity index (χ1) is 11.3. The molecule has 24 heavy (non-hydrogen) atoms. The van der Waals surface area contributed by atoms with Crippen LogP contribution in [0.15, 0.2) is 34.1 Å². The highest BCUT2D eigenvalue weighted by Crippen LogP contribution is 2.36. The molecule has 0 bridgehead atoms. The van der Waals surface area contributed by atoms with Crippen LogP contribution in [-0.4, -0.2) is 19.0 Å². The number of halogens is 4. The lowest BCUT2D eigenvalue weighted by atomic mass is 10.1. The largest absolute Gasteiger partial charge is 0.416 e. The van der Waals surface area contributed by atoms with Crippen molar-refractivity contribution < 1.29 is 18.0 Å². The third-order valence-electron chi connectivity index (χ3n) is 3.47. The predicted octanol–water partition coefficient (Wildman–Crippen LogP) is 5.63. The summed E-state index contributed by atoms with van der Waals surface area (Å²) in [5.41, 5.74) is -0.0684. The standard InChI is InChI=1S/C16H16BrF3N2OS/c1-3-22(4-2)12-6-5-10(16(18,19)20)9-11(12)21-15(23)13-7-8-14(17)24-13/h5-9H,3-4H2,1-2H3,(H,21,23). The van der Waals surface area contributed by atoms with Crippen LogP contribution >= 0.6 is 27.3 Å². The van der Waals surface area contributed by atoms with Crippen molar-refractivity contribution in [2.45, 2.75) is 20.0 Å². The average Bonchev–Trinajstić information content (AvgIpc) is 2.95. The second kappa shape index (κ2) is 7.57. The monoisotopic (exact) mass is 420 g/mol. The number of nitrogens with one attached hydrogen (secondary N) is 1. The van der Waals surface area contributed by atoms with Crippen LogP contribution in [0.3, 0.4) is 0 Å². The van der Waals surface area contributed by atoms with Crippen molar-refractivity contribution in [3.8, 4) is 0 Å². The molecule has 2 rings (SSSR count). The van der Waals surface area contributed by atoms with Crippen LogP contribution in [0.4, 0.5) is 24.5 Å². The van der Waals surface area contributed by atoms with E-state index in [1.165, 1.54) is 17.4 Å². The van der Waals surface area contributed by atoms with Gasteiger partial charge in [0.05, 0.1) is 25.6 Å². The van der Waals surface area contributed by atoms with Gasteiger partial charge in [-0.1, -0.05) is 0 Å². The fraction of sp³-hybridized carbons (Fsp3) is 0.312. The normalized spacial score (nSPS) is 11.4. The number of carbonyl (C=O) groups is 1. The zero-order valence-electron chi connectivity index (χ0n) is 13.1. The van der Waals surface area contributed by atoms with Gasteiger partial charge in [-0.05, 0) is 60.1 Å². The third kappa shape index (κ3) is 4.30. The molecular formula is C16H16BrF3N2OS. The fourth-order valence-electron chi connectivity index (χ4n) is 2.27. The first-order valence-corrected chi connectivity index (χ1v) is 8.90. The summed E-state index contributed by atoms with van der Waals surface area (Å²) < 4.78 is 39.8. The number of amides is 1. The molecule has 0 radical (unpaired) electrons. The highest BCUT2D eigenvalue weighted by Gasteiger charge is 2.31. The number of rotatable bonds is 5. The Morgan fingerprint density at radius 3 is 2.38 bits per heavy atom. The van der Waals surface area contributed by atoms with E-state index in [0.717, 1.165) is 15.9 Å². The minimum atomic E-state index is -4.47. The summed E-state index contributed by atoms with van der Waals surface area (Å²) in [6.07, 6.45) is -4.47. The zero-order valence-corrected chi connectivity index (χ0v) is 15.5. The van der Waals surface area contributed by atoms with Crippen LogP contribution in [0.2, 0.25) is 0 Å². The van der Waals surface area contributed by atoms with E-state index in [4.69, 9.17) is 0 Å². The van der Waals surface area contributed by atoms with Crippen molar-refractivity contribution in [1.82, 2.24) is 0 Å². The molecule has 130 valence electrons.